The monoisotopic (exact) mass is 438 g/mol. The van der Waals surface area contributed by atoms with Gasteiger partial charge in [0.2, 0.25) is 5.91 Å². The number of imidazole rings is 1. The summed E-state index contributed by atoms with van der Waals surface area (Å²) < 4.78 is 8.35. The summed E-state index contributed by atoms with van der Waals surface area (Å²) in [6.45, 7) is 4.94. The van der Waals surface area contributed by atoms with E-state index in [-0.39, 0.29) is 11.7 Å². The van der Waals surface area contributed by atoms with Gasteiger partial charge >= 0.3 is 0 Å². The third-order valence-corrected chi connectivity index (χ3v) is 6.58. The van der Waals surface area contributed by atoms with Crippen LogP contribution in [0.5, 0.6) is 5.75 Å². The first-order valence-corrected chi connectivity index (χ1v) is 11.4. The number of ether oxygens (including phenoxy) is 1. The quantitative estimate of drug-likeness (QED) is 0.400. The van der Waals surface area contributed by atoms with E-state index in [2.05, 4.69) is 58.0 Å². The number of benzene rings is 2. The lowest BCUT2D eigenvalue weighted by Gasteiger charge is -2.09. The van der Waals surface area contributed by atoms with Gasteiger partial charge in [0.05, 0.1) is 35.0 Å². The van der Waals surface area contributed by atoms with E-state index in [1.165, 1.54) is 28.7 Å². The van der Waals surface area contributed by atoms with Gasteiger partial charge in [-0.05, 0) is 37.6 Å². The van der Waals surface area contributed by atoms with E-state index in [4.69, 9.17) is 4.74 Å². The van der Waals surface area contributed by atoms with E-state index in [1.54, 1.807) is 7.11 Å². The molecule has 0 unspecified atom stereocenters. The smallest absolute Gasteiger partial charge is 0.236 e. The number of rotatable bonds is 7. The highest BCUT2D eigenvalue weighted by Crippen LogP contribution is 2.30. The number of methoxy groups -OCH3 is 1. The topological polar surface area (TPSA) is 69.0 Å². The number of hydrogen-bond acceptors (Lipinski definition) is 6. The number of hydrogen-bond donors (Lipinski definition) is 1. The summed E-state index contributed by atoms with van der Waals surface area (Å²) in [7, 11) is 1.63. The van der Waals surface area contributed by atoms with E-state index in [0.29, 0.717) is 5.13 Å². The van der Waals surface area contributed by atoms with Crippen molar-refractivity contribution < 1.29 is 9.53 Å². The zero-order valence-electron chi connectivity index (χ0n) is 17.0. The number of anilines is 1. The first-order valence-electron chi connectivity index (χ1n) is 9.57. The average molecular weight is 439 g/mol. The fourth-order valence-electron chi connectivity index (χ4n) is 3.11. The van der Waals surface area contributed by atoms with Crippen molar-refractivity contribution in [2.24, 2.45) is 0 Å². The Morgan fingerprint density at radius 2 is 2.03 bits per heavy atom. The van der Waals surface area contributed by atoms with Gasteiger partial charge < -0.3 is 14.6 Å². The van der Waals surface area contributed by atoms with Gasteiger partial charge in [-0.15, -0.1) is 0 Å². The number of amides is 1. The average Bonchev–Trinajstić information content (AvgIpc) is 3.35. The second-order valence-electron chi connectivity index (χ2n) is 6.73. The molecule has 30 heavy (non-hydrogen) atoms. The lowest BCUT2D eigenvalue weighted by Crippen LogP contribution is -2.14. The van der Waals surface area contributed by atoms with Gasteiger partial charge in [-0.1, -0.05) is 52.9 Å². The molecule has 0 aliphatic rings. The molecule has 0 radical (unpaired) electrons. The Morgan fingerprint density at radius 3 is 2.77 bits per heavy atom. The molecule has 0 saturated heterocycles. The molecule has 4 rings (SSSR count). The number of thiazole rings is 1. The second kappa shape index (κ2) is 8.89. The maximum Gasteiger partial charge on any atom is 0.236 e. The van der Waals surface area contributed by atoms with Gasteiger partial charge in [0.25, 0.3) is 0 Å². The molecule has 0 fully saturated rings. The van der Waals surface area contributed by atoms with Crippen molar-refractivity contribution in [3.8, 4) is 17.0 Å². The zero-order valence-corrected chi connectivity index (χ0v) is 18.6. The minimum Gasteiger partial charge on any atom is -0.497 e. The molecule has 0 bridgehead atoms. The SMILES string of the molecule is CCn1c(-c2ccc(C)cc2)cnc1SCC(=O)Nc1nc2ccc(OC)cc2s1. The second-order valence-corrected chi connectivity index (χ2v) is 8.70. The summed E-state index contributed by atoms with van der Waals surface area (Å²) in [6.07, 6.45) is 1.87. The van der Waals surface area contributed by atoms with Gasteiger partial charge in [-0.2, -0.15) is 0 Å². The minimum atomic E-state index is -0.103. The molecule has 154 valence electrons. The lowest BCUT2D eigenvalue weighted by atomic mass is 10.1. The van der Waals surface area contributed by atoms with Gasteiger partial charge in [0.1, 0.15) is 5.75 Å². The van der Waals surface area contributed by atoms with Crippen molar-refractivity contribution in [2.45, 2.75) is 25.5 Å². The Balaban J connectivity index is 1.43. The molecule has 0 saturated carbocycles. The zero-order chi connectivity index (χ0) is 21.1. The van der Waals surface area contributed by atoms with E-state index in [1.807, 2.05) is 24.4 Å². The molecule has 0 aliphatic heterocycles. The molecule has 1 amide bonds. The van der Waals surface area contributed by atoms with Crippen LogP contribution >= 0.6 is 23.1 Å². The standard InChI is InChI=1S/C22H22N4O2S2/c1-4-26-18(15-7-5-14(2)6-8-15)12-23-22(26)29-13-20(27)25-21-24-17-10-9-16(28-3)11-19(17)30-21/h5-12H,4,13H2,1-3H3,(H,24,25,27). The van der Waals surface area contributed by atoms with Crippen LogP contribution in [-0.2, 0) is 11.3 Å². The number of carbonyl (C=O) groups excluding carboxylic acids is 1. The number of aromatic nitrogens is 3. The summed E-state index contributed by atoms with van der Waals surface area (Å²) in [4.78, 5) is 21.5. The van der Waals surface area contributed by atoms with Crippen LogP contribution in [-0.4, -0.2) is 33.3 Å². The van der Waals surface area contributed by atoms with Crippen molar-refractivity contribution >= 4 is 44.4 Å². The Hall–Kier alpha value is -2.84. The summed E-state index contributed by atoms with van der Waals surface area (Å²) in [5.74, 6) is 0.938. The number of carbonyl (C=O) groups is 1. The van der Waals surface area contributed by atoms with Crippen molar-refractivity contribution in [3.63, 3.8) is 0 Å². The number of nitrogens with zero attached hydrogens (tertiary/aromatic N) is 3. The predicted molar refractivity (Wildman–Crippen MR) is 124 cm³/mol. The van der Waals surface area contributed by atoms with Crippen LogP contribution < -0.4 is 10.1 Å². The van der Waals surface area contributed by atoms with E-state index < -0.39 is 0 Å². The Morgan fingerprint density at radius 1 is 1.23 bits per heavy atom. The van der Waals surface area contributed by atoms with Crippen LogP contribution in [0.4, 0.5) is 5.13 Å². The molecule has 0 atom stereocenters. The highest BCUT2D eigenvalue weighted by Gasteiger charge is 2.14. The fraction of sp³-hybridized carbons (Fsp3) is 0.227. The minimum absolute atomic E-state index is 0.103. The molecular weight excluding hydrogens is 416 g/mol. The van der Waals surface area contributed by atoms with Gasteiger partial charge in [0.15, 0.2) is 10.3 Å². The molecule has 2 aromatic heterocycles. The maximum atomic E-state index is 12.5. The molecule has 4 aromatic rings. The Bertz CT molecular complexity index is 1180. The van der Waals surface area contributed by atoms with E-state index in [9.17, 15) is 4.79 Å². The van der Waals surface area contributed by atoms with Crippen LogP contribution in [0.1, 0.15) is 12.5 Å². The third-order valence-electron chi connectivity index (χ3n) is 4.66. The highest BCUT2D eigenvalue weighted by atomic mass is 32.2. The molecule has 0 aliphatic carbocycles. The summed E-state index contributed by atoms with van der Waals surface area (Å²) in [6, 6.07) is 14.1. The molecule has 2 aromatic carbocycles. The molecule has 0 spiro atoms. The van der Waals surface area contributed by atoms with Crippen LogP contribution in [0.3, 0.4) is 0 Å². The van der Waals surface area contributed by atoms with Crippen molar-refractivity contribution in [1.82, 2.24) is 14.5 Å². The fourth-order valence-corrected chi connectivity index (χ4v) is 4.86. The molecule has 1 N–H and O–H groups in total. The first-order chi connectivity index (χ1) is 14.6. The summed E-state index contributed by atoms with van der Waals surface area (Å²) in [5.41, 5.74) is 4.24. The van der Waals surface area contributed by atoms with Gasteiger partial charge in [-0.3, -0.25) is 4.79 Å². The normalized spacial score (nSPS) is 11.0. The number of thioether (sulfide) groups is 1. The molecule has 8 heteroatoms. The van der Waals surface area contributed by atoms with Crippen molar-refractivity contribution in [1.29, 1.82) is 0 Å². The van der Waals surface area contributed by atoms with E-state index >= 15 is 0 Å². The third kappa shape index (κ3) is 4.34. The number of nitrogens with one attached hydrogen (secondary N) is 1. The lowest BCUT2D eigenvalue weighted by molar-refractivity contribution is -0.113. The summed E-state index contributed by atoms with van der Waals surface area (Å²) >= 11 is 2.86. The van der Waals surface area contributed by atoms with Gasteiger partial charge in [-0.25, -0.2) is 9.97 Å². The van der Waals surface area contributed by atoms with E-state index in [0.717, 1.165) is 38.9 Å². The van der Waals surface area contributed by atoms with Crippen LogP contribution in [0.2, 0.25) is 0 Å². The van der Waals surface area contributed by atoms with Crippen LogP contribution in [0.25, 0.3) is 21.5 Å². The number of aryl methyl sites for hydroxylation is 1. The van der Waals surface area contributed by atoms with Crippen LogP contribution in [0, 0.1) is 6.92 Å². The Labute approximate surface area is 183 Å². The largest absolute Gasteiger partial charge is 0.497 e. The molecule has 2 heterocycles. The summed E-state index contributed by atoms with van der Waals surface area (Å²) in [5, 5.41) is 4.31. The van der Waals surface area contributed by atoms with Crippen molar-refractivity contribution in [2.75, 3.05) is 18.2 Å². The van der Waals surface area contributed by atoms with Crippen LogP contribution in [0.15, 0.2) is 53.8 Å². The highest BCUT2D eigenvalue weighted by molar-refractivity contribution is 7.99. The molecule has 6 nitrogen and oxygen atoms in total. The van der Waals surface area contributed by atoms with Gasteiger partial charge in [0, 0.05) is 6.54 Å². The first kappa shape index (κ1) is 20.4. The van der Waals surface area contributed by atoms with Crippen molar-refractivity contribution in [3.05, 3.63) is 54.2 Å². The maximum absolute atomic E-state index is 12.5. The number of fused-ring (bicyclic) bond motifs is 1. The Kier molecular flexibility index (Phi) is 6.06. The molecular formula is C22H22N4O2S2. The predicted octanol–water partition coefficient (Wildman–Crippen LogP) is 5.23.